The van der Waals surface area contributed by atoms with Gasteiger partial charge in [-0.15, -0.1) is 5.10 Å². The molecule has 0 aliphatic carbocycles. The minimum Gasteiger partial charge on any atom is -0.497 e. The number of fused-ring (bicyclic) bond motifs is 2. The molecule has 0 saturated heterocycles. The van der Waals surface area contributed by atoms with E-state index in [0.29, 0.717) is 16.6 Å². The third-order valence-electron chi connectivity index (χ3n) is 4.24. The largest absolute Gasteiger partial charge is 0.497 e. The Labute approximate surface area is 176 Å². The summed E-state index contributed by atoms with van der Waals surface area (Å²) in [4.78, 5) is 17.8. The molecule has 9 heteroatoms. The summed E-state index contributed by atoms with van der Waals surface area (Å²) in [5.74, 6) is 0.509. The van der Waals surface area contributed by atoms with Gasteiger partial charge in [0.25, 0.3) is 5.91 Å². The Bertz CT molecular complexity index is 1100. The highest BCUT2D eigenvalue weighted by atomic mass is 79.9. The number of thioether (sulfide) groups is 1. The van der Waals surface area contributed by atoms with E-state index in [2.05, 4.69) is 42.3 Å². The van der Waals surface area contributed by atoms with Crippen molar-refractivity contribution in [3.8, 4) is 5.75 Å². The average Bonchev–Trinajstić information content (AvgIpc) is 2.67. The first-order valence-corrected chi connectivity index (χ1v) is 10.8. The smallest absolute Gasteiger partial charge is 0.276 e. The van der Waals surface area contributed by atoms with Gasteiger partial charge in [-0.1, -0.05) is 43.6 Å². The fourth-order valence-corrected chi connectivity index (χ4v) is 4.17. The van der Waals surface area contributed by atoms with Crippen LogP contribution in [0.3, 0.4) is 0 Å². The number of amides is 1. The van der Waals surface area contributed by atoms with Crippen LogP contribution in [0.2, 0.25) is 0 Å². The lowest BCUT2D eigenvalue weighted by atomic mass is 10.1. The van der Waals surface area contributed by atoms with Gasteiger partial charge in [-0.3, -0.25) is 15.1 Å². The fourth-order valence-electron chi connectivity index (χ4n) is 2.99. The number of ether oxygens (including phenoxy) is 1. The predicted octanol–water partition coefficient (Wildman–Crippen LogP) is 2.73. The van der Waals surface area contributed by atoms with E-state index in [1.807, 2.05) is 42.7 Å². The molecule has 1 atom stereocenters. The Morgan fingerprint density at radius 1 is 1.22 bits per heavy atom. The lowest BCUT2D eigenvalue weighted by Crippen LogP contribution is -2.50. The van der Waals surface area contributed by atoms with Crippen LogP contribution in [0.1, 0.15) is 11.7 Å². The number of hydrogen-bond donors (Lipinski definition) is 1. The van der Waals surface area contributed by atoms with E-state index >= 15 is 0 Å². The number of halogens is 2. The number of nitrogens with one attached hydrogen (secondary N) is 1. The molecule has 0 spiro atoms. The van der Waals surface area contributed by atoms with Crippen molar-refractivity contribution < 1.29 is 9.53 Å². The highest BCUT2D eigenvalue weighted by Crippen LogP contribution is 2.36. The molecule has 1 amide bonds. The Morgan fingerprint density at radius 3 is 2.78 bits per heavy atom. The van der Waals surface area contributed by atoms with Crippen LogP contribution in [0, 0.1) is 0 Å². The summed E-state index contributed by atoms with van der Waals surface area (Å²) in [6.07, 6.45) is 1.37. The van der Waals surface area contributed by atoms with E-state index in [9.17, 15) is 4.79 Å². The van der Waals surface area contributed by atoms with Gasteiger partial charge >= 0.3 is 0 Å². The normalized spacial score (nSPS) is 18.1. The number of methoxy groups -OCH3 is 1. The molecule has 138 valence electrons. The van der Waals surface area contributed by atoms with Crippen molar-refractivity contribution >= 4 is 60.4 Å². The third-order valence-corrected chi connectivity index (χ3v) is 6.03. The van der Waals surface area contributed by atoms with Gasteiger partial charge in [0.05, 0.1) is 12.5 Å². The zero-order valence-electron chi connectivity index (χ0n) is 14.4. The third kappa shape index (κ3) is 3.28. The lowest BCUT2D eigenvalue weighted by molar-refractivity contribution is -0.116. The number of benzene rings is 2. The van der Waals surface area contributed by atoms with Gasteiger partial charge in [-0.2, -0.15) is 0 Å². The molecule has 0 unspecified atom stereocenters. The van der Waals surface area contributed by atoms with Crippen LogP contribution in [0.4, 0.5) is 0 Å². The Morgan fingerprint density at radius 2 is 2.04 bits per heavy atom. The first-order valence-electron chi connectivity index (χ1n) is 7.96. The number of carbonyl (C=O) groups excluding carboxylic acids is 1. The van der Waals surface area contributed by atoms with Crippen molar-refractivity contribution in [1.29, 1.82) is 0 Å². The SMILES string of the molecule is COc1ccc(Br)c([C@@H]2N=c3ccc(Br)cc3=C3C(=O)NC(SC)=NN32)c1. The molecule has 0 saturated carbocycles. The summed E-state index contributed by atoms with van der Waals surface area (Å²) in [5.41, 5.74) is 1.33. The monoisotopic (exact) mass is 508 g/mol. The number of hydrazone groups is 1. The van der Waals surface area contributed by atoms with Crippen LogP contribution in [0.15, 0.2) is 55.4 Å². The number of hydrogen-bond acceptors (Lipinski definition) is 6. The summed E-state index contributed by atoms with van der Waals surface area (Å²) in [6, 6.07) is 11.4. The highest BCUT2D eigenvalue weighted by Gasteiger charge is 2.35. The molecule has 2 heterocycles. The first kappa shape index (κ1) is 18.5. The van der Waals surface area contributed by atoms with Crippen molar-refractivity contribution in [3.05, 3.63) is 61.5 Å². The van der Waals surface area contributed by atoms with Crippen LogP contribution in [-0.4, -0.2) is 29.4 Å². The molecule has 4 rings (SSSR count). The van der Waals surface area contributed by atoms with E-state index < -0.39 is 6.17 Å². The van der Waals surface area contributed by atoms with Gasteiger partial charge in [0.1, 0.15) is 11.4 Å². The van der Waals surface area contributed by atoms with Crippen LogP contribution < -0.4 is 20.6 Å². The Balaban J connectivity index is 2.01. The minimum atomic E-state index is -0.494. The molecule has 0 bridgehead atoms. The number of carbonyl (C=O) groups is 1. The van der Waals surface area contributed by atoms with Gasteiger partial charge in [0.15, 0.2) is 11.3 Å². The van der Waals surface area contributed by atoms with Crippen molar-refractivity contribution in [2.45, 2.75) is 6.17 Å². The van der Waals surface area contributed by atoms with Gasteiger partial charge in [0.2, 0.25) is 0 Å². The minimum absolute atomic E-state index is 0.201. The van der Waals surface area contributed by atoms with E-state index in [1.54, 1.807) is 12.1 Å². The quantitative estimate of drug-likeness (QED) is 0.676. The molecule has 0 aromatic heterocycles. The van der Waals surface area contributed by atoms with Crippen molar-refractivity contribution in [2.75, 3.05) is 13.4 Å². The molecular formula is C18H14Br2N4O2S. The molecule has 2 aromatic carbocycles. The summed E-state index contributed by atoms with van der Waals surface area (Å²) in [5, 5.41) is 11.1. The molecule has 2 aromatic rings. The van der Waals surface area contributed by atoms with Gasteiger partial charge in [-0.05, 0) is 42.7 Å². The van der Waals surface area contributed by atoms with Crippen molar-refractivity contribution in [1.82, 2.24) is 10.3 Å². The van der Waals surface area contributed by atoms with E-state index in [4.69, 9.17) is 9.73 Å². The summed E-state index contributed by atoms with van der Waals surface area (Å²) < 4.78 is 7.11. The molecule has 1 N–H and O–H groups in total. The molecule has 0 radical (unpaired) electrons. The molecular weight excluding hydrogens is 496 g/mol. The molecule has 27 heavy (non-hydrogen) atoms. The summed E-state index contributed by atoms with van der Waals surface area (Å²) in [6.45, 7) is 0. The maximum Gasteiger partial charge on any atom is 0.276 e. The van der Waals surface area contributed by atoms with Crippen LogP contribution in [0.25, 0.3) is 5.70 Å². The number of nitrogens with zero attached hydrogens (tertiary/aromatic N) is 3. The number of amidine groups is 1. The maximum absolute atomic E-state index is 12.9. The van der Waals surface area contributed by atoms with E-state index in [-0.39, 0.29) is 5.91 Å². The second-order valence-corrected chi connectivity index (χ2v) is 8.37. The summed E-state index contributed by atoms with van der Waals surface area (Å²) in [7, 11) is 1.62. The lowest BCUT2D eigenvalue weighted by Gasteiger charge is -2.34. The molecule has 0 fully saturated rings. The van der Waals surface area contributed by atoms with E-state index in [0.717, 1.165) is 25.1 Å². The van der Waals surface area contributed by atoms with Crippen molar-refractivity contribution in [2.24, 2.45) is 10.1 Å². The standard InChI is InChI=1S/C18H14Br2N4O2S/c1-26-10-4-5-13(20)11(8-10)16-21-14-6-3-9(19)7-12(14)15-17(25)22-18(27-2)23-24(15)16/h3-8,16H,1-2H3,(H,22,23,25)/t16-/m1/s1. The molecule has 2 aliphatic rings. The second-order valence-electron chi connectivity index (χ2n) is 5.81. The van der Waals surface area contributed by atoms with Crippen LogP contribution >= 0.6 is 43.6 Å². The second kappa shape index (κ2) is 7.29. The average molecular weight is 510 g/mol. The maximum atomic E-state index is 12.9. The zero-order valence-corrected chi connectivity index (χ0v) is 18.4. The summed E-state index contributed by atoms with van der Waals surface area (Å²) >= 11 is 8.45. The Hall–Kier alpha value is -1.84. The van der Waals surface area contributed by atoms with Gasteiger partial charge < -0.3 is 4.74 Å². The Kier molecular flexibility index (Phi) is 5.00. The van der Waals surface area contributed by atoms with Crippen LogP contribution in [-0.2, 0) is 4.79 Å². The molecule has 6 nitrogen and oxygen atoms in total. The van der Waals surface area contributed by atoms with Crippen LogP contribution in [0.5, 0.6) is 5.75 Å². The predicted molar refractivity (Wildman–Crippen MR) is 113 cm³/mol. The first-order chi connectivity index (χ1) is 13.0. The fraction of sp³-hybridized carbons (Fsp3) is 0.167. The highest BCUT2D eigenvalue weighted by molar-refractivity contribution is 9.10. The van der Waals surface area contributed by atoms with Gasteiger partial charge in [-0.25, -0.2) is 5.01 Å². The molecule has 2 aliphatic heterocycles. The van der Waals surface area contributed by atoms with Crippen molar-refractivity contribution in [3.63, 3.8) is 0 Å². The van der Waals surface area contributed by atoms with E-state index in [1.165, 1.54) is 11.8 Å². The number of rotatable bonds is 2. The zero-order chi connectivity index (χ0) is 19.1. The van der Waals surface area contributed by atoms with Gasteiger partial charge in [0, 0.05) is 19.7 Å². The topological polar surface area (TPSA) is 66.3 Å².